The van der Waals surface area contributed by atoms with Gasteiger partial charge in [0.15, 0.2) is 0 Å². The summed E-state index contributed by atoms with van der Waals surface area (Å²) < 4.78 is 19.3. The molecule has 3 aromatic heterocycles. The Bertz CT molecular complexity index is 3730. The molecular formula is C57H37NO3. The maximum Gasteiger partial charge on any atom is 0.136 e. The van der Waals surface area contributed by atoms with Gasteiger partial charge in [-0.1, -0.05) is 117 Å². The van der Waals surface area contributed by atoms with E-state index in [-0.39, 0.29) is 5.41 Å². The predicted octanol–water partition coefficient (Wildman–Crippen LogP) is 16.5. The number of hydrogen-bond donors (Lipinski definition) is 0. The topological polar surface area (TPSA) is 42.7 Å². The number of nitrogens with zero attached hydrogens (tertiary/aromatic N) is 1. The second-order valence-electron chi connectivity index (χ2n) is 16.9. The summed E-state index contributed by atoms with van der Waals surface area (Å²) in [4.78, 5) is 2.37. The summed E-state index contributed by atoms with van der Waals surface area (Å²) in [7, 11) is 0. The first-order chi connectivity index (χ1) is 29.9. The summed E-state index contributed by atoms with van der Waals surface area (Å²) in [6.45, 7) is 4.68. The molecule has 61 heavy (non-hydrogen) atoms. The summed E-state index contributed by atoms with van der Waals surface area (Å²) in [5.74, 6) is 0. The molecule has 4 nitrogen and oxygen atoms in total. The van der Waals surface area contributed by atoms with Gasteiger partial charge in [0.05, 0.1) is 0 Å². The molecule has 13 rings (SSSR count). The first-order valence-electron chi connectivity index (χ1n) is 20.9. The van der Waals surface area contributed by atoms with Crippen LogP contribution in [0.2, 0.25) is 0 Å². The van der Waals surface area contributed by atoms with Crippen LogP contribution in [0.1, 0.15) is 25.0 Å². The highest BCUT2D eigenvalue weighted by Gasteiger charge is 2.35. The molecule has 1 aliphatic rings. The molecule has 0 fully saturated rings. The molecule has 0 bridgehead atoms. The van der Waals surface area contributed by atoms with Gasteiger partial charge in [0.1, 0.15) is 33.5 Å². The Balaban J connectivity index is 0.954. The molecule has 0 radical (unpaired) electrons. The van der Waals surface area contributed by atoms with E-state index in [9.17, 15) is 0 Å². The van der Waals surface area contributed by atoms with E-state index < -0.39 is 0 Å². The largest absolute Gasteiger partial charge is 0.456 e. The molecule has 0 atom stereocenters. The molecule has 1 aliphatic carbocycles. The minimum absolute atomic E-state index is 0.141. The number of benzene rings is 9. The van der Waals surface area contributed by atoms with Crippen molar-refractivity contribution in [2.75, 3.05) is 4.90 Å². The quantitative estimate of drug-likeness (QED) is 0.174. The maximum absolute atomic E-state index is 6.61. The van der Waals surface area contributed by atoms with E-state index in [0.29, 0.717) is 0 Å². The number of furan rings is 3. The fourth-order valence-electron chi connectivity index (χ4n) is 9.97. The van der Waals surface area contributed by atoms with Gasteiger partial charge in [0, 0.05) is 54.8 Å². The predicted molar refractivity (Wildman–Crippen MR) is 251 cm³/mol. The normalized spacial score (nSPS) is 13.2. The van der Waals surface area contributed by atoms with Crippen LogP contribution in [0, 0.1) is 0 Å². The SMILES string of the molecule is CC1(C)c2ccccc2-c2ccc(N(c3ccc(-c4ccc5oc6ccccc6c5c4)cc3)c3ccc4oc5cc6c(cc5c4c3)oc3ccc(-c4ccccc4)cc36)cc21. The molecule has 0 amide bonds. The zero-order valence-electron chi connectivity index (χ0n) is 33.6. The average Bonchev–Trinajstić information content (AvgIpc) is 4.03. The highest BCUT2D eigenvalue weighted by atomic mass is 16.3. The standard InChI is InChI=1S/C57H37NO3/c1-57(2)49-14-8-6-12-41(49)42-24-22-40(31-50(42)57)58(38-20-16-35(17-21-38)37-19-25-52-44(28-37)43-13-7-9-15-51(43)59-52)39-23-27-54-46(30-39)48-33-55-47(32-56(48)61-54)45-29-36(18-26-53(45)60-55)34-10-4-3-5-11-34/h3-33H,1-2H3. The van der Waals surface area contributed by atoms with E-state index in [2.05, 4.69) is 189 Å². The van der Waals surface area contributed by atoms with Crippen LogP contribution < -0.4 is 4.90 Å². The number of anilines is 3. The van der Waals surface area contributed by atoms with E-state index in [4.69, 9.17) is 13.3 Å². The van der Waals surface area contributed by atoms with E-state index in [0.717, 1.165) is 99.6 Å². The molecule has 12 aromatic rings. The molecule has 0 saturated carbocycles. The van der Waals surface area contributed by atoms with Crippen LogP contribution >= 0.6 is 0 Å². The van der Waals surface area contributed by atoms with Crippen molar-refractivity contribution in [2.24, 2.45) is 0 Å². The van der Waals surface area contributed by atoms with Crippen molar-refractivity contribution >= 4 is 82.9 Å². The molecule has 0 saturated heterocycles. The summed E-state index contributed by atoms with van der Waals surface area (Å²) in [5.41, 5.74) is 18.2. The van der Waals surface area contributed by atoms with Crippen LogP contribution in [0.5, 0.6) is 0 Å². The monoisotopic (exact) mass is 783 g/mol. The first-order valence-corrected chi connectivity index (χ1v) is 20.9. The molecule has 0 N–H and O–H groups in total. The molecule has 4 heteroatoms. The minimum atomic E-state index is -0.141. The lowest BCUT2D eigenvalue weighted by Crippen LogP contribution is -2.16. The van der Waals surface area contributed by atoms with Crippen LogP contribution in [0.4, 0.5) is 17.1 Å². The van der Waals surface area contributed by atoms with E-state index in [1.165, 1.54) is 27.8 Å². The van der Waals surface area contributed by atoms with Gasteiger partial charge in [-0.3, -0.25) is 0 Å². The Morgan fingerprint density at radius 2 is 0.787 bits per heavy atom. The summed E-state index contributed by atoms with van der Waals surface area (Å²) in [5, 5.41) is 6.44. The van der Waals surface area contributed by atoms with Crippen LogP contribution in [0.3, 0.4) is 0 Å². The van der Waals surface area contributed by atoms with Crippen LogP contribution in [0.15, 0.2) is 201 Å². The fraction of sp³-hybridized carbons (Fsp3) is 0.0526. The van der Waals surface area contributed by atoms with Gasteiger partial charge in [0.25, 0.3) is 0 Å². The highest BCUT2D eigenvalue weighted by molar-refractivity contribution is 6.16. The zero-order chi connectivity index (χ0) is 40.4. The van der Waals surface area contributed by atoms with Crippen molar-refractivity contribution < 1.29 is 13.3 Å². The lowest BCUT2D eigenvalue weighted by Gasteiger charge is -2.28. The molecule has 288 valence electrons. The fourth-order valence-corrected chi connectivity index (χ4v) is 9.97. The van der Waals surface area contributed by atoms with Gasteiger partial charge < -0.3 is 18.2 Å². The number of fused-ring (bicyclic) bond motifs is 12. The lowest BCUT2D eigenvalue weighted by atomic mass is 9.82. The van der Waals surface area contributed by atoms with E-state index in [1.807, 2.05) is 18.2 Å². The number of para-hydroxylation sites is 1. The Labute approximate surface area is 351 Å². The third-order valence-corrected chi connectivity index (χ3v) is 13.1. The van der Waals surface area contributed by atoms with Gasteiger partial charge in [0.2, 0.25) is 0 Å². The molecule has 0 spiro atoms. The van der Waals surface area contributed by atoms with Crippen molar-refractivity contribution in [3.8, 4) is 33.4 Å². The van der Waals surface area contributed by atoms with Crippen molar-refractivity contribution in [3.05, 3.63) is 199 Å². The minimum Gasteiger partial charge on any atom is -0.456 e. The first kappa shape index (κ1) is 34.1. The van der Waals surface area contributed by atoms with Crippen LogP contribution in [-0.4, -0.2) is 0 Å². The number of rotatable bonds is 5. The van der Waals surface area contributed by atoms with Crippen molar-refractivity contribution in [1.82, 2.24) is 0 Å². The Morgan fingerprint density at radius 1 is 0.311 bits per heavy atom. The summed E-state index contributed by atoms with van der Waals surface area (Å²) in [6.07, 6.45) is 0. The average molecular weight is 784 g/mol. The smallest absolute Gasteiger partial charge is 0.136 e. The van der Waals surface area contributed by atoms with Gasteiger partial charge in [-0.25, -0.2) is 0 Å². The maximum atomic E-state index is 6.61. The van der Waals surface area contributed by atoms with Crippen LogP contribution in [-0.2, 0) is 5.41 Å². The van der Waals surface area contributed by atoms with Gasteiger partial charge in [-0.05, 0) is 129 Å². The zero-order valence-corrected chi connectivity index (χ0v) is 33.6. The van der Waals surface area contributed by atoms with Crippen molar-refractivity contribution in [1.29, 1.82) is 0 Å². The van der Waals surface area contributed by atoms with Gasteiger partial charge >= 0.3 is 0 Å². The van der Waals surface area contributed by atoms with Crippen LogP contribution in [0.25, 0.3) is 99.2 Å². The third kappa shape index (κ3) is 5.12. The molecule has 3 heterocycles. The molecule has 9 aromatic carbocycles. The second-order valence-corrected chi connectivity index (χ2v) is 16.9. The highest BCUT2D eigenvalue weighted by Crippen LogP contribution is 2.51. The third-order valence-electron chi connectivity index (χ3n) is 13.1. The Morgan fingerprint density at radius 3 is 1.52 bits per heavy atom. The molecule has 0 aliphatic heterocycles. The Hall–Kier alpha value is -7.82. The van der Waals surface area contributed by atoms with E-state index >= 15 is 0 Å². The van der Waals surface area contributed by atoms with E-state index in [1.54, 1.807) is 0 Å². The van der Waals surface area contributed by atoms with Crippen molar-refractivity contribution in [2.45, 2.75) is 19.3 Å². The summed E-state index contributed by atoms with van der Waals surface area (Å²) in [6, 6.07) is 67.2. The van der Waals surface area contributed by atoms with Crippen molar-refractivity contribution in [3.63, 3.8) is 0 Å². The van der Waals surface area contributed by atoms with Gasteiger partial charge in [-0.2, -0.15) is 0 Å². The summed E-state index contributed by atoms with van der Waals surface area (Å²) >= 11 is 0. The molecular weight excluding hydrogens is 747 g/mol. The molecule has 0 unspecified atom stereocenters. The Kier molecular flexibility index (Phi) is 7.04. The second kappa shape index (κ2) is 12.6. The number of hydrogen-bond acceptors (Lipinski definition) is 4. The lowest BCUT2D eigenvalue weighted by molar-refractivity contribution is 0.660. The van der Waals surface area contributed by atoms with Gasteiger partial charge in [-0.15, -0.1) is 0 Å².